The van der Waals surface area contributed by atoms with Crippen LogP contribution in [-0.2, 0) is 11.3 Å². The maximum atomic E-state index is 11.0. The van der Waals surface area contributed by atoms with Gasteiger partial charge in [-0.1, -0.05) is 24.3 Å². The summed E-state index contributed by atoms with van der Waals surface area (Å²) in [6.07, 6.45) is -6.06. The third kappa shape index (κ3) is 4.32. The number of aromatic carboxylic acids is 1. The van der Waals surface area contributed by atoms with Gasteiger partial charge in [-0.15, -0.1) is 0 Å². The maximum absolute atomic E-state index is 11.0. The SMILES string of the molecule is O=C(O)c1cccc(COc2ccc(C3O[C@H](CO)[C@@H](O)[C@H](O)[C@@H]3O)cc2)c1. The maximum Gasteiger partial charge on any atom is 0.335 e. The van der Waals surface area contributed by atoms with Gasteiger partial charge in [-0.3, -0.25) is 0 Å². The van der Waals surface area contributed by atoms with Crippen molar-refractivity contribution in [1.82, 2.24) is 0 Å². The highest BCUT2D eigenvalue weighted by Gasteiger charge is 2.43. The van der Waals surface area contributed by atoms with Gasteiger partial charge >= 0.3 is 5.97 Å². The van der Waals surface area contributed by atoms with Gasteiger partial charge in [0.15, 0.2) is 0 Å². The first-order valence-corrected chi connectivity index (χ1v) is 8.76. The molecule has 150 valence electrons. The monoisotopic (exact) mass is 390 g/mol. The number of ether oxygens (including phenoxy) is 2. The zero-order chi connectivity index (χ0) is 20.3. The molecular formula is C20H22O8. The zero-order valence-electron chi connectivity index (χ0n) is 14.9. The molecule has 8 nitrogen and oxygen atoms in total. The predicted molar refractivity (Wildman–Crippen MR) is 96.9 cm³/mol. The molecule has 0 bridgehead atoms. The highest BCUT2D eigenvalue weighted by Crippen LogP contribution is 2.33. The number of rotatable bonds is 6. The Hall–Kier alpha value is -2.49. The Kier molecular flexibility index (Phi) is 6.28. The second-order valence-electron chi connectivity index (χ2n) is 6.61. The summed E-state index contributed by atoms with van der Waals surface area (Å²) in [4.78, 5) is 11.0. The van der Waals surface area contributed by atoms with Crippen molar-refractivity contribution in [2.24, 2.45) is 0 Å². The summed E-state index contributed by atoms with van der Waals surface area (Å²) < 4.78 is 11.2. The number of aliphatic hydroxyl groups excluding tert-OH is 4. The van der Waals surface area contributed by atoms with Gasteiger partial charge in [0.05, 0.1) is 12.2 Å². The van der Waals surface area contributed by atoms with E-state index in [1.54, 1.807) is 36.4 Å². The Bertz CT molecular complexity index is 804. The van der Waals surface area contributed by atoms with E-state index in [0.29, 0.717) is 16.9 Å². The topological polar surface area (TPSA) is 137 Å². The first kappa shape index (κ1) is 20.2. The summed E-state index contributed by atoms with van der Waals surface area (Å²) in [6, 6.07) is 13.0. The van der Waals surface area contributed by atoms with Crippen molar-refractivity contribution in [3.63, 3.8) is 0 Å². The van der Waals surface area contributed by atoms with Crippen LogP contribution in [0.5, 0.6) is 5.75 Å². The molecule has 1 fully saturated rings. The van der Waals surface area contributed by atoms with Gasteiger partial charge in [0.1, 0.15) is 42.9 Å². The Morgan fingerprint density at radius 3 is 2.36 bits per heavy atom. The van der Waals surface area contributed by atoms with Crippen molar-refractivity contribution in [2.75, 3.05) is 6.61 Å². The molecule has 2 aromatic carbocycles. The number of carboxylic acid groups (broad SMARTS) is 1. The number of carboxylic acids is 1. The number of hydrogen-bond acceptors (Lipinski definition) is 7. The van der Waals surface area contributed by atoms with E-state index in [4.69, 9.17) is 14.6 Å². The van der Waals surface area contributed by atoms with E-state index in [1.807, 2.05) is 0 Å². The van der Waals surface area contributed by atoms with Gasteiger partial charge in [0.25, 0.3) is 0 Å². The van der Waals surface area contributed by atoms with Gasteiger partial charge < -0.3 is 35.0 Å². The normalized spacial score (nSPS) is 27.4. The standard InChI is InChI=1S/C20H22O8/c21-9-15-16(22)17(23)18(24)19(28-15)12-4-6-14(7-5-12)27-10-11-2-1-3-13(8-11)20(25)26/h1-8,15-19,21-24H,9-10H2,(H,25,26)/t15-,16-,17+,18+,19?/m1/s1. The fraction of sp³-hybridized carbons (Fsp3) is 0.350. The van der Waals surface area contributed by atoms with Crippen molar-refractivity contribution in [1.29, 1.82) is 0 Å². The molecule has 0 radical (unpaired) electrons. The summed E-state index contributed by atoms with van der Waals surface area (Å²) in [5.74, 6) is -0.486. The van der Waals surface area contributed by atoms with Gasteiger partial charge in [-0.2, -0.15) is 0 Å². The van der Waals surface area contributed by atoms with Crippen LogP contribution in [0.3, 0.4) is 0 Å². The molecule has 28 heavy (non-hydrogen) atoms. The summed E-state index contributed by atoms with van der Waals surface area (Å²) in [7, 11) is 0. The van der Waals surface area contributed by atoms with Crippen molar-refractivity contribution >= 4 is 5.97 Å². The Morgan fingerprint density at radius 1 is 1.00 bits per heavy atom. The molecule has 1 aliphatic heterocycles. The van der Waals surface area contributed by atoms with E-state index in [9.17, 15) is 25.2 Å². The fourth-order valence-electron chi connectivity index (χ4n) is 3.09. The molecule has 1 heterocycles. The minimum absolute atomic E-state index is 0.180. The zero-order valence-corrected chi connectivity index (χ0v) is 14.9. The highest BCUT2D eigenvalue weighted by atomic mass is 16.5. The molecule has 3 rings (SSSR count). The largest absolute Gasteiger partial charge is 0.489 e. The number of benzene rings is 2. The number of aliphatic hydroxyl groups is 4. The number of hydrogen-bond donors (Lipinski definition) is 5. The lowest BCUT2D eigenvalue weighted by Crippen LogP contribution is -2.55. The van der Waals surface area contributed by atoms with E-state index in [1.165, 1.54) is 12.1 Å². The smallest absolute Gasteiger partial charge is 0.335 e. The van der Waals surface area contributed by atoms with Gasteiger partial charge in [-0.05, 0) is 35.4 Å². The Balaban J connectivity index is 1.66. The number of carbonyl (C=O) groups is 1. The van der Waals surface area contributed by atoms with Crippen LogP contribution in [0, 0.1) is 0 Å². The third-order valence-electron chi connectivity index (χ3n) is 4.68. The van der Waals surface area contributed by atoms with Crippen molar-refractivity contribution in [2.45, 2.75) is 37.1 Å². The minimum Gasteiger partial charge on any atom is -0.489 e. The molecule has 5 atom stereocenters. The molecular weight excluding hydrogens is 368 g/mol. The van der Waals surface area contributed by atoms with Gasteiger partial charge in [0.2, 0.25) is 0 Å². The lowest BCUT2D eigenvalue weighted by molar-refractivity contribution is -0.231. The molecule has 0 saturated carbocycles. The predicted octanol–water partition coefficient (Wildman–Crippen LogP) is 0.479. The van der Waals surface area contributed by atoms with E-state index >= 15 is 0 Å². The lowest BCUT2D eigenvalue weighted by Gasteiger charge is -2.40. The second kappa shape index (κ2) is 8.68. The van der Waals surface area contributed by atoms with Crippen LogP contribution < -0.4 is 4.74 Å². The van der Waals surface area contributed by atoms with Crippen LogP contribution in [0.4, 0.5) is 0 Å². The van der Waals surface area contributed by atoms with Crippen molar-refractivity contribution in [3.8, 4) is 5.75 Å². The molecule has 5 N–H and O–H groups in total. The molecule has 1 saturated heterocycles. The molecule has 0 aliphatic carbocycles. The summed E-state index contributed by atoms with van der Waals surface area (Å²) in [5, 5.41) is 48.2. The quantitative estimate of drug-likeness (QED) is 0.480. The van der Waals surface area contributed by atoms with Crippen LogP contribution >= 0.6 is 0 Å². The highest BCUT2D eigenvalue weighted by molar-refractivity contribution is 5.87. The molecule has 2 aromatic rings. The average Bonchev–Trinajstić information content (AvgIpc) is 2.71. The fourth-order valence-corrected chi connectivity index (χ4v) is 3.09. The summed E-state index contributed by atoms with van der Waals surface area (Å²) in [5.41, 5.74) is 1.44. The van der Waals surface area contributed by atoms with E-state index in [0.717, 1.165) is 0 Å². The van der Waals surface area contributed by atoms with Crippen molar-refractivity contribution in [3.05, 3.63) is 65.2 Å². The Labute approximate surface area is 161 Å². The average molecular weight is 390 g/mol. The molecule has 8 heteroatoms. The van der Waals surface area contributed by atoms with Crippen LogP contribution in [0.2, 0.25) is 0 Å². The van der Waals surface area contributed by atoms with Crippen LogP contribution in [0.25, 0.3) is 0 Å². The minimum atomic E-state index is -1.44. The first-order chi connectivity index (χ1) is 13.4. The lowest BCUT2D eigenvalue weighted by atomic mass is 9.91. The van der Waals surface area contributed by atoms with E-state index in [2.05, 4.69) is 0 Å². The van der Waals surface area contributed by atoms with Gasteiger partial charge in [-0.25, -0.2) is 4.79 Å². The molecule has 0 spiro atoms. The van der Waals surface area contributed by atoms with Crippen LogP contribution in [0.1, 0.15) is 27.6 Å². The summed E-state index contributed by atoms with van der Waals surface area (Å²) >= 11 is 0. The summed E-state index contributed by atoms with van der Waals surface area (Å²) in [6.45, 7) is -0.307. The second-order valence-corrected chi connectivity index (χ2v) is 6.61. The van der Waals surface area contributed by atoms with Crippen LogP contribution in [0.15, 0.2) is 48.5 Å². The molecule has 0 amide bonds. The van der Waals surface area contributed by atoms with Gasteiger partial charge in [0, 0.05) is 0 Å². The molecule has 0 aromatic heterocycles. The molecule has 1 unspecified atom stereocenters. The molecule has 1 aliphatic rings. The third-order valence-corrected chi connectivity index (χ3v) is 4.68. The van der Waals surface area contributed by atoms with E-state index < -0.39 is 43.1 Å². The van der Waals surface area contributed by atoms with E-state index in [-0.39, 0.29) is 12.2 Å². The first-order valence-electron chi connectivity index (χ1n) is 8.76. The van der Waals surface area contributed by atoms with Crippen LogP contribution in [-0.4, -0.2) is 62.5 Å². The van der Waals surface area contributed by atoms with Crippen molar-refractivity contribution < 1.29 is 39.8 Å². The Morgan fingerprint density at radius 2 is 1.71 bits per heavy atom.